The number of ether oxygens (including phenoxy) is 1. The zero-order valence-corrected chi connectivity index (χ0v) is 22.2. The summed E-state index contributed by atoms with van der Waals surface area (Å²) in [5, 5.41) is 3.14. The first kappa shape index (κ1) is 26.7. The van der Waals surface area contributed by atoms with Gasteiger partial charge in [0.05, 0.1) is 29.6 Å². The third kappa shape index (κ3) is 6.42. The van der Waals surface area contributed by atoms with Gasteiger partial charge in [-0.2, -0.15) is 4.31 Å². The van der Waals surface area contributed by atoms with Gasteiger partial charge in [-0.3, -0.25) is 4.79 Å². The van der Waals surface area contributed by atoms with E-state index in [9.17, 15) is 13.2 Å². The lowest BCUT2D eigenvalue weighted by molar-refractivity contribution is -0.122. The average molecular weight is 515 g/mol. The van der Waals surface area contributed by atoms with Crippen molar-refractivity contribution in [3.8, 4) is 5.75 Å². The normalized spacial score (nSPS) is 12.4. The molecule has 0 saturated heterocycles. The molecule has 6 nitrogen and oxygen atoms in total. The highest BCUT2D eigenvalue weighted by Crippen LogP contribution is 2.29. The maximum absolute atomic E-state index is 13.6. The van der Waals surface area contributed by atoms with Crippen molar-refractivity contribution in [1.82, 2.24) is 9.62 Å². The minimum Gasteiger partial charge on any atom is -0.495 e. The number of halogens is 1. The fourth-order valence-electron chi connectivity index (χ4n) is 3.94. The molecule has 0 aromatic heterocycles. The summed E-state index contributed by atoms with van der Waals surface area (Å²) in [5.74, 6) is -0.0233. The van der Waals surface area contributed by atoms with Gasteiger partial charge in [0.15, 0.2) is 0 Å². The number of nitrogens with one attached hydrogen (secondary N) is 1. The van der Waals surface area contributed by atoms with Gasteiger partial charge >= 0.3 is 0 Å². The van der Waals surface area contributed by atoms with Crippen LogP contribution in [0.2, 0.25) is 5.02 Å². The van der Waals surface area contributed by atoms with E-state index in [0.717, 1.165) is 26.6 Å². The SMILES string of the molecule is COc1ccc(S(=O)(=O)N(CC(=O)N[C@H](C)c2cc(C)c(C)cc2C)Cc2ccccc2)cc1Cl. The van der Waals surface area contributed by atoms with E-state index >= 15 is 0 Å². The molecule has 0 aliphatic rings. The number of carbonyl (C=O) groups is 1. The van der Waals surface area contributed by atoms with E-state index < -0.39 is 15.9 Å². The van der Waals surface area contributed by atoms with Crippen molar-refractivity contribution in [3.63, 3.8) is 0 Å². The molecular weight excluding hydrogens is 484 g/mol. The molecule has 0 saturated carbocycles. The minimum atomic E-state index is -4.03. The first-order chi connectivity index (χ1) is 16.5. The van der Waals surface area contributed by atoms with Gasteiger partial charge in [0.1, 0.15) is 5.75 Å². The number of aryl methyl sites for hydroxylation is 3. The molecule has 0 aliphatic heterocycles. The summed E-state index contributed by atoms with van der Waals surface area (Å²) in [6.07, 6.45) is 0. The zero-order valence-electron chi connectivity index (χ0n) is 20.6. The maximum atomic E-state index is 13.6. The van der Waals surface area contributed by atoms with Crippen molar-refractivity contribution in [1.29, 1.82) is 0 Å². The molecule has 0 bridgehead atoms. The van der Waals surface area contributed by atoms with Crippen LogP contribution in [0.25, 0.3) is 0 Å². The fourth-order valence-corrected chi connectivity index (χ4v) is 5.68. The lowest BCUT2D eigenvalue weighted by Gasteiger charge is -2.24. The highest BCUT2D eigenvalue weighted by atomic mass is 35.5. The first-order valence-electron chi connectivity index (χ1n) is 11.3. The van der Waals surface area contributed by atoms with Gasteiger partial charge in [0.25, 0.3) is 0 Å². The lowest BCUT2D eigenvalue weighted by Crippen LogP contribution is -2.41. The third-order valence-electron chi connectivity index (χ3n) is 6.01. The minimum absolute atomic E-state index is 0.00918. The number of rotatable bonds is 9. The first-order valence-corrected chi connectivity index (χ1v) is 13.1. The second kappa shape index (κ2) is 11.2. The van der Waals surface area contributed by atoms with Gasteiger partial charge in [0.2, 0.25) is 15.9 Å². The molecule has 0 radical (unpaired) electrons. The fraction of sp³-hybridized carbons (Fsp3) is 0.296. The van der Waals surface area contributed by atoms with E-state index in [1.54, 1.807) is 0 Å². The van der Waals surface area contributed by atoms with Crippen LogP contribution < -0.4 is 10.1 Å². The van der Waals surface area contributed by atoms with Crippen LogP contribution in [0, 0.1) is 20.8 Å². The molecule has 8 heteroatoms. The molecule has 3 aromatic rings. The van der Waals surface area contributed by atoms with Gasteiger partial charge in [-0.25, -0.2) is 8.42 Å². The summed E-state index contributed by atoms with van der Waals surface area (Å²) in [6, 6.07) is 17.3. The lowest BCUT2D eigenvalue weighted by atomic mass is 9.96. The molecule has 1 N–H and O–H groups in total. The predicted molar refractivity (Wildman–Crippen MR) is 139 cm³/mol. The molecule has 1 amide bonds. The van der Waals surface area contributed by atoms with Gasteiger partial charge in [-0.1, -0.05) is 54.1 Å². The number of amides is 1. The van der Waals surface area contributed by atoms with Crippen LogP contribution in [-0.4, -0.2) is 32.3 Å². The van der Waals surface area contributed by atoms with Crippen LogP contribution in [0.1, 0.15) is 40.8 Å². The molecule has 0 spiro atoms. The molecule has 3 aromatic carbocycles. The highest BCUT2D eigenvalue weighted by molar-refractivity contribution is 7.89. The van der Waals surface area contributed by atoms with Gasteiger partial charge in [0, 0.05) is 6.54 Å². The van der Waals surface area contributed by atoms with Crippen LogP contribution in [0.5, 0.6) is 5.75 Å². The Hall–Kier alpha value is -2.87. The molecule has 186 valence electrons. The Kier molecular flexibility index (Phi) is 8.59. The number of hydrogen-bond donors (Lipinski definition) is 1. The van der Waals surface area contributed by atoms with Gasteiger partial charge in [-0.15, -0.1) is 0 Å². The van der Waals surface area contributed by atoms with Crippen LogP contribution in [0.3, 0.4) is 0 Å². The molecule has 0 unspecified atom stereocenters. The standard InChI is InChI=1S/C27H31ClN2O4S/c1-18-13-20(3)24(14-19(18)2)21(4)29-27(31)17-30(16-22-9-7-6-8-10-22)35(32,33)23-11-12-26(34-5)25(28)15-23/h6-15,21H,16-17H2,1-5H3,(H,29,31)/t21-/m1/s1. The highest BCUT2D eigenvalue weighted by Gasteiger charge is 2.28. The summed E-state index contributed by atoms with van der Waals surface area (Å²) in [7, 11) is -2.57. The molecule has 0 aliphatic carbocycles. The Morgan fingerprint density at radius 3 is 2.29 bits per heavy atom. The predicted octanol–water partition coefficient (Wildman–Crippen LogP) is 5.34. The molecule has 35 heavy (non-hydrogen) atoms. The quantitative estimate of drug-likeness (QED) is 0.418. The summed E-state index contributed by atoms with van der Waals surface area (Å²) >= 11 is 6.19. The summed E-state index contributed by atoms with van der Waals surface area (Å²) in [6.45, 7) is 7.68. The van der Waals surface area contributed by atoms with Crippen molar-refractivity contribution >= 4 is 27.5 Å². The number of hydrogen-bond acceptors (Lipinski definition) is 4. The topological polar surface area (TPSA) is 75.7 Å². The Morgan fingerprint density at radius 1 is 1.00 bits per heavy atom. The second-order valence-electron chi connectivity index (χ2n) is 8.64. The Morgan fingerprint density at radius 2 is 1.66 bits per heavy atom. The van der Waals surface area contributed by atoms with E-state index in [1.165, 1.54) is 30.9 Å². The van der Waals surface area contributed by atoms with Gasteiger partial charge in [-0.05, 0) is 73.7 Å². The molecule has 3 rings (SSSR count). The third-order valence-corrected chi connectivity index (χ3v) is 8.09. The van der Waals surface area contributed by atoms with E-state index in [1.807, 2.05) is 58.0 Å². The van der Waals surface area contributed by atoms with Crippen molar-refractivity contribution in [2.24, 2.45) is 0 Å². The van der Waals surface area contributed by atoms with E-state index in [0.29, 0.717) is 5.75 Å². The molecule has 0 fully saturated rings. The van der Waals surface area contributed by atoms with Crippen molar-refractivity contribution in [2.75, 3.05) is 13.7 Å². The number of carbonyl (C=O) groups excluding carboxylic acids is 1. The smallest absolute Gasteiger partial charge is 0.243 e. The second-order valence-corrected chi connectivity index (χ2v) is 11.0. The van der Waals surface area contributed by atoms with Crippen molar-refractivity contribution < 1.29 is 17.9 Å². The summed E-state index contributed by atoms with van der Waals surface area (Å²) in [4.78, 5) is 13.1. The molecular formula is C27H31ClN2O4S. The molecule has 1 atom stereocenters. The van der Waals surface area contributed by atoms with Crippen LogP contribution in [0.4, 0.5) is 0 Å². The Labute approximate surface area is 212 Å². The van der Waals surface area contributed by atoms with Crippen LogP contribution in [0.15, 0.2) is 65.6 Å². The number of nitrogens with zero attached hydrogens (tertiary/aromatic N) is 1. The largest absolute Gasteiger partial charge is 0.495 e. The van der Waals surface area contributed by atoms with Crippen molar-refractivity contribution in [3.05, 3.63) is 93.5 Å². The summed E-state index contributed by atoms with van der Waals surface area (Å²) < 4.78 is 33.4. The van der Waals surface area contributed by atoms with Crippen molar-refractivity contribution in [2.45, 2.75) is 45.2 Å². The number of methoxy groups -OCH3 is 1. The monoisotopic (exact) mass is 514 g/mol. The van der Waals surface area contributed by atoms with Gasteiger partial charge < -0.3 is 10.1 Å². The van der Waals surface area contributed by atoms with Crippen LogP contribution >= 0.6 is 11.6 Å². The zero-order chi connectivity index (χ0) is 25.8. The maximum Gasteiger partial charge on any atom is 0.243 e. The average Bonchev–Trinajstić information content (AvgIpc) is 2.81. The van der Waals surface area contributed by atoms with E-state index in [4.69, 9.17) is 16.3 Å². The number of benzene rings is 3. The van der Waals surface area contributed by atoms with E-state index in [2.05, 4.69) is 17.4 Å². The summed E-state index contributed by atoms with van der Waals surface area (Å²) in [5.41, 5.74) is 5.16. The Bertz CT molecular complexity index is 1310. The Balaban J connectivity index is 1.88. The number of sulfonamides is 1. The van der Waals surface area contributed by atoms with Crippen LogP contribution in [-0.2, 0) is 21.4 Å². The molecule has 0 heterocycles. The van der Waals surface area contributed by atoms with E-state index in [-0.39, 0.29) is 29.0 Å².